The highest BCUT2D eigenvalue weighted by molar-refractivity contribution is 5.97. The standard InChI is InChI=1S/C21H22FN3O2/c1-14(2)19(24-20(26)17-8-10-18(22)11-9-17)21(27)25(3)13-16-6-4-15(12-23)5-7-16/h4-11,14,19H,13H2,1-3H3,(H,24,26). The van der Waals surface area contributed by atoms with E-state index < -0.39 is 17.8 Å². The number of likely N-dealkylation sites (N-methyl/N-ethyl adjacent to an activating group) is 1. The van der Waals surface area contributed by atoms with Crippen LogP contribution in [0.15, 0.2) is 48.5 Å². The van der Waals surface area contributed by atoms with Crippen molar-refractivity contribution in [1.29, 1.82) is 5.26 Å². The quantitative estimate of drug-likeness (QED) is 0.853. The van der Waals surface area contributed by atoms with Gasteiger partial charge in [0, 0.05) is 19.2 Å². The fraction of sp³-hybridized carbons (Fsp3) is 0.286. The minimum absolute atomic E-state index is 0.120. The smallest absolute Gasteiger partial charge is 0.251 e. The van der Waals surface area contributed by atoms with Crippen molar-refractivity contribution in [3.63, 3.8) is 0 Å². The molecule has 5 nitrogen and oxygen atoms in total. The van der Waals surface area contributed by atoms with Crippen LogP contribution in [-0.4, -0.2) is 29.8 Å². The lowest BCUT2D eigenvalue weighted by Gasteiger charge is -2.27. The van der Waals surface area contributed by atoms with E-state index in [2.05, 4.69) is 11.4 Å². The lowest BCUT2D eigenvalue weighted by atomic mass is 10.0. The molecule has 0 aliphatic rings. The van der Waals surface area contributed by atoms with Crippen LogP contribution in [0.1, 0.15) is 35.3 Å². The molecule has 0 fully saturated rings. The Morgan fingerprint density at radius 2 is 1.70 bits per heavy atom. The van der Waals surface area contributed by atoms with Crippen LogP contribution in [0.2, 0.25) is 0 Å². The summed E-state index contributed by atoms with van der Waals surface area (Å²) in [6, 6.07) is 13.5. The number of nitrogens with one attached hydrogen (secondary N) is 1. The molecule has 2 rings (SSSR count). The maximum atomic E-state index is 13.0. The molecule has 0 aliphatic heterocycles. The van der Waals surface area contributed by atoms with Gasteiger partial charge in [-0.1, -0.05) is 26.0 Å². The highest BCUT2D eigenvalue weighted by Gasteiger charge is 2.27. The van der Waals surface area contributed by atoms with Crippen LogP contribution >= 0.6 is 0 Å². The van der Waals surface area contributed by atoms with Gasteiger partial charge < -0.3 is 10.2 Å². The van der Waals surface area contributed by atoms with Crippen molar-refractivity contribution < 1.29 is 14.0 Å². The van der Waals surface area contributed by atoms with Gasteiger partial charge in [0.25, 0.3) is 5.91 Å². The predicted octanol–water partition coefficient (Wildman–Crippen LogP) is 3.11. The normalized spacial score (nSPS) is 11.6. The van der Waals surface area contributed by atoms with Crippen molar-refractivity contribution in [3.8, 4) is 6.07 Å². The zero-order valence-electron chi connectivity index (χ0n) is 15.6. The van der Waals surface area contributed by atoms with Crippen molar-refractivity contribution in [2.45, 2.75) is 26.4 Å². The van der Waals surface area contributed by atoms with Crippen LogP contribution in [0.3, 0.4) is 0 Å². The summed E-state index contributed by atoms with van der Waals surface area (Å²) < 4.78 is 13.0. The van der Waals surface area contributed by atoms with Crippen molar-refractivity contribution in [2.24, 2.45) is 5.92 Å². The molecule has 0 heterocycles. The molecule has 1 unspecified atom stereocenters. The van der Waals surface area contributed by atoms with Crippen molar-refractivity contribution in [2.75, 3.05) is 7.05 Å². The molecule has 0 radical (unpaired) electrons. The molecule has 1 N–H and O–H groups in total. The zero-order valence-corrected chi connectivity index (χ0v) is 15.6. The lowest BCUT2D eigenvalue weighted by molar-refractivity contribution is -0.133. The Morgan fingerprint density at radius 3 is 2.22 bits per heavy atom. The van der Waals surface area contributed by atoms with Crippen LogP contribution in [0.25, 0.3) is 0 Å². The van der Waals surface area contributed by atoms with Gasteiger partial charge in [-0.2, -0.15) is 5.26 Å². The Labute approximate surface area is 158 Å². The number of carbonyl (C=O) groups is 2. The Hall–Kier alpha value is -3.20. The average Bonchev–Trinajstić information content (AvgIpc) is 2.66. The van der Waals surface area contributed by atoms with Gasteiger partial charge >= 0.3 is 0 Å². The predicted molar refractivity (Wildman–Crippen MR) is 100 cm³/mol. The van der Waals surface area contributed by atoms with Crippen LogP contribution < -0.4 is 5.32 Å². The van der Waals surface area contributed by atoms with Crippen LogP contribution in [0.5, 0.6) is 0 Å². The zero-order chi connectivity index (χ0) is 20.0. The van der Waals surface area contributed by atoms with Crippen molar-refractivity contribution in [1.82, 2.24) is 10.2 Å². The summed E-state index contributed by atoms with van der Waals surface area (Å²) in [6.07, 6.45) is 0. The summed E-state index contributed by atoms with van der Waals surface area (Å²) >= 11 is 0. The first-order valence-electron chi connectivity index (χ1n) is 8.62. The molecule has 2 aromatic rings. The SMILES string of the molecule is CC(C)C(NC(=O)c1ccc(F)cc1)C(=O)N(C)Cc1ccc(C#N)cc1. The number of carbonyl (C=O) groups excluding carboxylic acids is 2. The first-order chi connectivity index (χ1) is 12.8. The summed E-state index contributed by atoms with van der Waals surface area (Å²) in [5.74, 6) is -1.19. The summed E-state index contributed by atoms with van der Waals surface area (Å²) in [5.41, 5.74) is 1.74. The van der Waals surface area contributed by atoms with E-state index in [1.165, 1.54) is 29.2 Å². The van der Waals surface area contributed by atoms with Gasteiger partial charge in [0.1, 0.15) is 11.9 Å². The summed E-state index contributed by atoms with van der Waals surface area (Å²) in [6.45, 7) is 4.06. The topological polar surface area (TPSA) is 73.2 Å². The highest BCUT2D eigenvalue weighted by Crippen LogP contribution is 2.12. The first-order valence-corrected chi connectivity index (χ1v) is 8.62. The van der Waals surface area contributed by atoms with Gasteiger partial charge in [-0.25, -0.2) is 4.39 Å². The van der Waals surface area contributed by atoms with Gasteiger partial charge in [-0.05, 0) is 47.9 Å². The number of nitriles is 1. The molecule has 1 atom stereocenters. The van der Waals surface area contributed by atoms with Crippen molar-refractivity contribution in [3.05, 3.63) is 71.0 Å². The average molecular weight is 367 g/mol. The number of rotatable bonds is 6. The monoisotopic (exact) mass is 367 g/mol. The Balaban J connectivity index is 2.07. The van der Waals surface area contributed by atoms with E-state index in [9.17, 15) is 14.0 Å². The van der Waals surface area contributed by atoms with E-state index in [0.29, 0.717) is 17.7 Å². The van der Waals surface area contributed by atoms with Gasteiger partial charge in [-0.15, -0.1) is 0 Å². The van der Waals surface area contributed by atoms with Gasteiger partial charge in [-0.3, -0.25) is 9.59 Å². The number of halogens is 1. The van der Waals surface area contributed by atoms with Crippen molar-refractivity contribution >= 4 is 11.8 Å². The van der Waals surface area contributed by atoms with E-state index >= 15 is 0 Å². The molecule has 0 bridgehead atoms. The van der Waals surface area contributed by atoms with E-state index in [1.54, 1.807) is 31.3 Å². The van der Waals surface area contributed by atoms with Crippen LogP contribution in [0.4, 0.5) is 4.39 Å². The minimum Gasteiger partial charge on any atom is -0.340 e. The molecule has 0 saturated carbocycles. The number of amides is 2. The number of benzene rings is 2. The summed E-state index contributed by atoms with van der Waals surface area (Å²) in [4.78, 5) is 26.8. The molecular weight excluding hydrogens is 345 g/mol. The van der Waals surface area contributed by atoms with Crippen LogP contribution in [0, 0.1) is 23.1 Å². The maximum Gasteiger partial charge on any atom is 0.251 e. The fourth-order valence-corrected chi connectivity index (χ4v) is 2.61. The third kappa shape index (κ3) is 5.38. The minimum atomic E-state index is -0.703. The highest BCUT2D eigenvalue weighted by atomic mass is 19.1. The van der Waals surface area contributed by atoms with E-state index in [4.69, 9.17) is 5.26 Å². The second-order valence-corrected chi connectivity index (χ2v) is 6.71. The lowest BCUT2D eigenvalue weighted by Crippen LogP contribution is -2.50. The molecule has 27 heavy (non-hydrogen) atoms. The van der Waals surface area contributed by atoms with E-state index in [-0.39, 0.29) is 11.8 Å². The molecular formula is C21H22FN3O2. The molecule has 2 amide bonds. The Kier molecular flexibility index (Phi) is 6.67. The maximum absolute atomic E-state index is 13.0. The molecule has 140 valence electrons. The summed E-state index contributed by atoms with van der Waals surface area (Å²) in [5, 5.41) is 11.6. The van der Waals surface area contributed by atoms with E-state index in [0.717, 1.165) is 5.56 Å². The Morgan fingerprint density at radius 1 is 1.11 bits per heavy atom. The second kappa shape index (κ2) is 8.95. The second-order valence-electron chi connectivity index (χ2n) is 6.71. The van der Waals surface area contributed by atoms with Gasteiger partial charge in [0.05, 0.1) is 11.6 Å². The molecule has 0 spiro atoms. The molecule has 0 saturated heterocycles. The number of hydrogen-bond donors (Lipinski definition) is 1. The van der Waals surface area contributed by atoms with Crippen LogP contribution in [-0.2, 0) is 11.3 Å². The number of hydrogen-bond acceptors (Lipinski definition) is 3. The largest absolute Gasteiger partial charge is 0.340 e. The van der Waals surface area contributed by atoms with Gasteiger partial charge in [0.2, 0.25) is 5.91 Å². The van der Waals surface area contributed by atoms with Gasteiger partial charge in [0.15, 0.2) is 0 Å². The molecule has 6 heteroatoms. The third-order valence-corrected chi connectivity index (χ3v) is 4.20. The summed E-state index contributed by atoms with van der Waals surface area (Å²) in [7, 11) is 1.67. The third-order valence-electron chi connectivity index (χ3n) is 4.20. The molecule has 2 aromatic carbocycles. The van der Waals surface area contributed by atoms with E-state index in [1.807, 2.05) is 13.8 Å². The Bertz CT molecular complexity index is 839. The fourth-order valence-electron chi connectivity index (χ4n) is 2.61. The molecule has 0 aliphatic carbocycles. The first kappa shape index (κ1) is 20.1. The molecule has 0 aromatic heterocycles. The number of nitrogens with zero attached hydrogens (tertiary/aromatic N) is 2.